The minimum Gasteiger partial charge on any atom is -0.364 e. The van der Waals surface area contributed by atoms with Crippen molar-refractivity contribution in [3.8, 4) is 0 Å². The van der Waals surface area contributed by atoms with E-state index >= 15 is 0 Å². The Labute approximate surface area is 156 Å². The SMILES string of the molecule is CN1CC(=O)Nc2cc(C(=O)NCCSCc3ccccc3F)ccc21. The van der Waals surface area contributed by atoms with Crippen molar-refractivity contribution in [1.82, 2.24) is 5.32 Å². The summed E-state index contributed by atoms with van der Waals surface area (Å²) in [5.41, 5.74) is 2.70. The summed E-state index contributed by atoms with van der Waals surface area (Å²) in [7, 11) is 1.84. The van der Waals surface area contributed by atoms with Gasteiger partial charge in [0, 0.05) is 30.7 Å². The van der Waals surface area contributed by atoms with E-state index < -0.39 is 0 Å². The molecule has 0 saturated heterocycles. The Kier molecular flexibility index (Phi) is 5.78. The maximum atomic E-state index is 13.5. The number of nitrogens with zero attached hydrogens (tertiary/aromatic N) is 1. The van der Waals surface area contributed by atoms with Gasteiger partial charge in [-0.05, 0) is 29.8 Å². The smallest absolute Gasteiger partial charge is 0.251 e. The van der Waals surface area contributed by atoms with Gasteiger partial charge in [-0.15, -0.1) is 0 Å². The van der Waals surface area contributed by atoms with Gasteiger partial charge in [0.25, 0.3) is 5.91 Å². The van der Waals surface area contributed by atoms with E-state index in [0.717, 1.165) is 5.69 Å². The molecule has 1 aliphatic rings. The Morgan fingerprint density at radius 1 is 1.31 bits per heavy atom. The van der Waals surface area contributed by atoms with Crippen molar-refractivity contribution in [2.75, 3.05) is 36.1 Å². The largest absolute Gasteiger partial charge is 0.364 e. The van der Waals surface area contributed by atoms with E-state index in [1.54, 1.807) is 36.0 Å². The number of thioether (sulfide) groups is 1. The van der Waals surface area contributed by atoms with Crippen molar-refractivity contribution in [3.05, 3.63) is 59.4 Å². The van der Waals surface area contributed by atoms with E-state index in [9.17, 15) is 14.0 Å². The number of hydrogen-bond acceptors (Lipinski definition) is 4. The standard InChI is InChI=1S/C19H20FN3O2S/c1-23-11-18(24)22-16-10-13(6-7-17(16)23)19(25)21-8-9-26-12-14-4-2-3-5-15(14)20/h2-7,10H,8-9,11-12H2,1H3,(H,21,25)(H,22,24). The van der Waals surface area contributed by atoms with Crippen molar-refractivity contribution in [2.45, 2.75) is 5.75 Å². The van der Waals surface area contributed by atoms with E-state index in [-0.39, 0.29) is 17.6 Å². The molecule has 0 aliphatic carbocycles. The normalized spacial score (nSPS) is 13.2. The Bertz CT molecular complexity index is 828. The number of benzene rings is 2. The molecule has 3 rings (SSSR count). The van der Waals surface area contributed by atoms with Crippen LogP contribution in [0.25, 0.3) is 0 Å². The number of carbonyl (C=O) groups is 2. The van der Waals surface area contributed by atoms with E-state index in [1.165, 1.54) is 6.07 Å². The second-order valence-electron chi connectivity index (χ2n) is 6.04. The van der Waals surface area contributed by atoms with Crippen molar-refractivity contribution in [3.63, 3.8) is 0 Å². The molecule has 1 aliphatic heterocycles. The maximum Gasteiger partial charge on any atom is 0.251 e. The molecule has 7 heteroatoms. The first kappa shape index (κ1) is 18.3. The van der Waals surface area contributed by atoms with Gasteiger partial charge in [0.15, 0.2) is 0 Å². The Morgan fingerprint density at radius 2 is 2.12 bits per heavy atom. The van der Waals surface area contributed by atoms with E-state index in [4.69, 9.17) is 0 Å². The lowest BCUT2D eigenvalue weighted by molar-refractivity contribution is -0.115. The van der Waals surface area contributed by atoms with Crippen LogP contribution in [0.5, 0.6) is 0 Å². The van der Waals surface area contributed by atoms with Gasteiger partial charge in [-0.25, -0.2) is 4.39 Å². The molecule has 5 nitrogen and oxygen atoms in total. The molecule has 2 aromatic rings. The zero-order valence-corrected chi connectivity index (χ0v) is 15.2. The van der Waals surface area contributed by atoms with Gasteiger partial charge in [0.2, 0.25) is 5.91 Å². The molecule has 0 bridgehead atoms. The van der Waals surface area contributed by atoms with Crippen LogP contribution >= 0.6 is 11.8 Å². The highest BCUT2D eigenvalue weighted by Gasteiger charge is 2.20. The molecular formula is C19H20FN3O2S. The topological polar surface area (TPSA) is 61.4 Å². The van der Waals surface area contributed by atoms with Crippen molar-refractivity contribution >= 4 is 35.0 Å². The molecule has 0 atom stereocenters. The summed E-state index contributed by atoms with van der Waals surface area (Å²) in [6.07, 6.45) is 0. The average molecular weight is 373 g/mol. The second kappa shape index (κ2) is 8.23. The van der Waals surface area contributed by atoms with Crippen LogP contribution < -0.4 is 15.5 Å². The van der Waals surface area contributed by atoms with E-state index in [2.05, 4.69) is 10.6 Å². The fourth-order valence-corrected chi connectivity index (χ4v) is 3.58. The Morgan fingerprint density at radius 3 is 2.92 bits per heavy atom. The summed E-state index contributed by atoms with van der Waals surface area (Å²) in [5.74, 6) is 0.763. The predicted octanol–water partition coefficient (Wildman–Crippen LogP) is 2.88. The third-order valence-electron chi connectivity index (χ3n) is 4.07. The van der Waals surface area contributed by atoms with Gasteiger partial charge in [0.05, 0.1) is 17.9 Å². The third-order valence-corrected chi connectivity index (χ3v) is 5.08. The van der Waals surface area contributed by atoms with Gasteiger partial charge in [-0.2, -0.15) is 11.8 Å². The number of halogens is 1. The first-order valence-corrected chi connectivity index (χ1v) is 9.44. The van der Waals surface area contributed by atoms with Gasteiger partial charge in [-0.1, -0.05) is 18.2 Å². The number of rotatable bonds is 6. The lowest BCUT2D eigenvalue weighted by atomic mass is 10.1. The van der Waals surface area contributed by atoms with Crippen LogP contribution in [-0.2, 0) is 10.5 Å². The fourth-order valence-electron chi connectivity index (χ4n) is 2.74. The zero-order chi connectivity index (χ0) is 18.5. The van der Waals surface area contributed by atoms with Crippen LogP contribution in [-0.4, -0.2) is 37.7 Å². The average Bonchev–Trinajstić information content (AvgIpc) is 2.62. The molecule has 2 aromatic carbocycles. The van der Waals surface area contributed by atoms with Gasteiger partial charge < -0.3 is 15.5 Å². The minimum absolute atomic E-state index is 0.0953. The van der Waals surface area contributed by atoms with Crippen LogP contribution in [0.4, 0.5) is 15.8 Å². The summed E-state index contributed by atoms with van der Waals surface area (Å²) < 4.78 is 13.5. The lowest BCUT2D eigenvalue weighted by Gasteiger charge is -2.27. The number of amides is 2. The van der Waals surface area contributed by atoms with Crippen LogP contribution in [0.2, 0.25) is 0 Å². The van der Waals surface area contributed by atoms with Gasteiger partial charge in [-0.3, -0.25) is 9.59 Å². The number of nitrogens with one attached hydrogen (secondary N) is 2. The van der Waals surface area contributed by atoms with Gasteiger partial charge in [0.1, 0.15) is 5.82 Å². The molecule has 26 heavy (non-hydrogen) atoms. The molecular weight excluding hydrogens is 353 g/mol. The van der Waals surface area contributed by atoms with Crippen LogP contribution in [0.3, 0.4) is 0 Å². The number of hydrogen-bond donors (Lipinski definition) is 2. The molecule has 0 saturated carbocycles. The highest BCUT2D eigenvalue weighted by Crippen LogP contribution is 2.29. The van der Waals surface area contributed by atoms with Crippen molar-refractivity contribution in [1.29, 1.82) is 0 Å². The quantitative estimate of drug-likeness (QED) is 0.765. The van der Waals surface area contributed by atoms with Crippen LogP contribution in [0, 0.1) is 5.82 Å². The Balaban J connectivity index is 1.49. The molecule has 0 radical (unpaired) electrons. The number of fused-ring (bicyclic) bond motifs is 1. The van der Waals surface area contributed by atoms with Crippen molar-refractivity contribution in [2.24, 2.45) is 0 Å². The summed E-state index contributed by atoms with van der Waals surface area (Å²) >= 11 is 1.56. The number of anilines is 2. The minimum atomic E-state index is -0.204. The Hall–Kier alpha value is -2.54. The molecule has 0 aromatic heterocycles. The molecule has 1 heterocycles. The highest BCUT2D eigenvalue weighted by atomic mass is 32.2. The van der Waals surface area contributed by atoms with Crippen LogP contribution in [0.1, 0.15) is 15.9 Å². The van der Waals surface area contributed by atoms with Crippen LogP contribution in [0.15, 0.2) is 42.5 Å². The summed E-state index contributed by atoms with van der Waals surface area (Å²) in [4.78, 5) is 25.7. The maximum absolute atomic E-state index is 13.5. The monoisotopic (exact) mass is 373 g/mol. The second-order valence-corrected chi connectivity index (χ2v) is 7.14. The highest BCUT2D eigenvalue weighted by molar-refractivity contribution is 7.98. The molecule has 2 N–H and O–H groups in total. The third kappa shape index (κ3) is 4.35. The zero-order valence-electron chi connectivity index (χ0n) is 14.4. The van der Waals surface area contributed by atoms with E-state index in [0.29, 0.717) is 41.4 Å². The first-order valence-electron chi connectivity index (χ1n) is 8.29. The number of carbonyl (C=O) groups excluding carboxylic acids is 2. The molecule has 0 spiro atoms. The van der Waals surface area contributed by atoms with E-state index in [1.807, 2.05) is 24.1 Å². The number of likely N-dealkylation sites (N-methyl/N-ethyl adjacent to an activating group) is 1. The van der Waals surface area contributed by atoms with Crippen molar-refractivity contribution < 1.29 is 14.0 Å². The summed E-state index contributed by atoms with van der Waals surface area (Å²) in [5, 5.41) is 5.63. The fraction of sp³-hybridized carbons (Fsp3) is 0.263. The predicted molar refractivity (Wildman–Crippen MR) is 103 cm³/mol. The molecule has 2 amide bonds. The first-order chi connectivity index (χ1) is 12.5. The summed E-state index contributed by atoms with van der Waals surface area (Å²) in [6.45, 7) is 0.791. The molecule has 0 fully saturated rings. The molecule has 136 valence electrons. The molecule has 0 unspecified atom stereocenters. The summed E-state index contributed by atoms with van der Waals surface area (Å²) in [6, 6.07) is 12.0. The lowest BCUT2D eigenvalue weighted by Crippen LogP contribution is -2.35. The van der Waals surface area contributed by atoms with Gasteiger partial charge >= 0.3 is 0 Å².